The van der Waals surface area contributed by atoms with E-state index in [1.807, 2.05) is 45.0 Å². The normalized spacial score (nSPS) is 25.6. The van der Waals surface area contributed by atoms with Gasteiger partial charge < -0.3 is 20.1 Å². The minimum absolute atomic E-state index is 0.0340. The number of ether oxygens (including phenoxy) is 2. The Morgan fingerprint density at radius 2 is 2.13 bits per heavy atom. The number of amides is 1. The summed E-state index contributed by atoms with van der Waals surface area (Å²) in [6.07, 6.45) is 0.599. The molecule has 0 saturated heterocycles. The number of carbonyl (C=O) groups excluding carboxylic acids is 1. The molecule has 5 heteroatoms. The maximum absolute atomic E-state index is 12.9. The van der Waals surface area contributed by atoms with Gasteiger partial charge in [0.1, 0.15) is 11.3 Å². The van der Waals surface area contributed by atoms with Crippen molar-refractivity contribution in [3.63, 3.8) is 0 Å². The van der Waals surface area contributed by atoms with Crippen molar-refractivity contribution in [3.05, 3.63) is 29.8 Å². The lowest BCUT2D eigenvalue weighted by atomic mass is 9.54. The van der Waals surface area contributed by atoms with E-state index in [1.165, 1.54) is 0 Å². The largest absolute Gasteiger partial charge is 0.497 e. The maximum atomic E-state index is 12.9. The first-order valence-corrected chi connectivity index (χ1v) is 8.05. The zero-order valence-corrected chi connectivity index (χ0v) is 14.8. The molecule has 0 heterocycles. The highest BCUT2D eigenvalue weighted by Crippen LogP contribution is 2.50. The van der Waals surface area contributed by atoms with Crippen LogP contribution in [0.25, 0.3) is 0 Å². The molecule has 1 aromatic rings. The standard InChI is InChI=1S/C18H28N2O3/c1-6-23-15-11-18(19,17(15,2)3)16(21)20(4)12-13-8-7-9-14(10-13)22-5/h7-10,15H,6,11-12,19H2,1-5H3. The molecule has 1 aliphatic rings. The van der Waals surface area contributed by atoms with E-state index in [9.17, 15) is 4.79 Å². The van der Waals surface area contributed by atoms with Crippen molar-refractivity contribution < 1.29 is 14.3 Å². The van der Waals surface area contributed by atoms with Crippen LogP contribution in [0.3, 0.4) is 0 Å². The molecule has 2 N–H and O–H groups in total. The molecule has 1 saturated carbocycles. The van der Waals surface area contributed by atoms with E-state index in [4.69, 9.17) is 15.2 Å². The summed E-state index contributed by atoms with van der Waals surface area (Å²) in [6, 6.07) is 7.72. The Hall–Kier alpha value is -1.59. The highest BCUT2D eigenvalue weighted by Gasteiger charge is 2.63. The molecule has 1 amide bonds. The van der Waals surface area contributed by atoms with Gasteiger partial charge in [0.2, 0.25) is 5.91 Å². The number of nitrogens with two attached hydrogens (primary N) is 1. The molecule has 0 bridgehead atoms. The van der Waals surface area contributed by atoms with Gasteiger partial charge in [-0.1, -0.05) is 26.0 Å². The van der Waals surface area contributed by atoms with Gasteiger partial charge in [0.25, 0.3) is 0 Å². The Morgan fingerprint density at radius 3 is 2.70 bits per heavy atom. The van der Waals surface area contributed by atoms with Crippen molar-refractivity contribution >= 4 is 5.91 Å². The molecule has 5 nitrogen and oxygen atoms in total. The monoisotopic (exact) mass is 320 g/mol. The maximum Gasteiger partial charge on any atom is 0.243 e. The molecule has 0 aliphatic heterocycles. The molecule has 1 fully saturated rings. The molecule has 1 aliphatic carbocycles. The molecule has 23 heavy (non-hydrogen) atoms. The SMILES string of the molecule is CCOC1CC(N)(C(=O)N(C)Cc2cccc(OC)c2)C1(C)C. The lowest BCUT2D eigenvalue weighted by molar-refractivity contribution is -0.178. The third-order valence-electron chi connectivity index (χ3n) is 5.11. The van der Waals surface area contributed by atoms with Crippen LogP contribution in [0, 0.1) is 5.41 Å². The van der Waals surface area contributed by atoms with Crippen LogP contribution in [0.1, 0.15) is 32.8 Å². The molecular formula is C18H28N2O3. The zero-order chi connectivity index (χ0) is 17.3. The molecule has 0 aromatic heterocycles. The lowest BCUT2D eigenvalue weighted by Crippen LogP contribution is -2.75. The summed E-state index contributed by atoms with van der Waals surface area (Å²) in [5.41, 5.74) is 6.23. The van der Waals surface area contributed by atoms with Crippen molar-refractivity contribution in [2.45, 2.75) is 45.4 Å². The van der Waals surface area contributed by atoms with Crippen molar-refractivity contribution in [2.24, 2.45) is 11.1 Å². The van der Waals surface area contributed by atoms with E-state index in [2.05, 4.69) is 0 Å². The number of rotatable bonds is 6. The summed E-state index contributed by atoms with van der Waals surface area (Å²) in [4.78, 5) is 14.6. The average molecular weight is 320 g/mol. The van der Waals surface area contributed by atoms with Gasteiger partial charge in [0.15, 0.2) is 0 Å². The minimum Gasteiger partial charge on any atom is -0.497 e. The van der Waals surface area contributed by atoms with Crippen molar-refractivity contribution in [3.8, 4) is 5.75 Å². The predicted octanol–water partition coefficient (Wildman–Crippen LogP) is 2.19. The van der Waals surface area contributed by atoms with Crippen LogP contribution >= 0.6 is 0 Å². The third kappa shape index (κ3) is 3.08. The van der Waals surface area contributed by atoms with Crippen LogP contribution in [-0.2, 0) is 16.1 Å². The fourth-order valence-electron chi connectivity index (χ4n) is 3.26. The van der Waals surface area contributed by atoms with Gasteiger partial charge in [-0.2, -0.15) is 0 Å². The Labute approximate surface area is 138 Å². The highest BCUT2D eigenvalue weighted by atomic mass is 16.5. The number of likely N-dealkylation sites (N-methyl/N-ethyl adjacent to an activating group) is 1. The highest BCUT2D eigenvalue weighted by molar-refractivity contribution is 5.88. The fourth-order valence-corrected chi connectivity index (χ4v) is 3.26. The Balaban J connectivity index is 2.08. The summed E-state index contributed by atoms with van der Waals surface area (Å²) in [7, 11) is 3.42. The van der Waals surface area contributed by atoms with Crippen LogP contribution in [0.4, 0.5) is 0 Å². The van der Waals surface area contributed by atoms with Gasteiger partial charge in [-0.3, -0.25) is 4.79 Å². The van der Waals surface area contributed by atoms with E-state index in [0.29, 0.717) is 19.6 Å². The van der Waals surface area contributed by atoms with Gasteiger partial charge in [-0.15, -0.1) is 0 Å². The second-order valence-electron chi connectivity index (χ2n) is 6.85. The number of hydrogen-bond donors (Lipinski definition) is 1. The quantitative estimate of drug-likeness (QED) is 0.872. The molecule has 2 atom stereocenters. The smallest absolute Gasteiger partial charge is 0.243 e. The van der Waals surface area contributed by atoms with E-state index >= 15 is 0 Å². The summed E-state index contributed by atoms with van der Waals surface area (Å²) >= 11 is 0. The topological polar surface area (TPSA) is 64.8 Å². The van der Waals surface area contributed by atoms with E-state index in [-0.39, 0.29) is 17.4 Å². The Morgan fingerprint density at radius 1 is 1.43 bits per heavy atom. The average Bonchev–Trinajstić information content (AvgIpc) is 2.53. The molecule has 0 radical (unpaired) electrons. The molecule has 0 spiro atoms. The van der Waals surface area contributed by atoms with Crippen molar-refractivity contribution in [2.75, 3.05) is 20.8 Å². The fraction of sp³-hybridized carbons (Fsp3) is 0.611. The first-order chi connectivity index (χ1) is 10.8. The van der Waals surface area contributed by atoms with Crippen molar-refractivity contribution in [1.29, 1.82) is 0 Å². The summed E-state index contributed by atoms with van der Waals surface area (Å²) in [5.74, 6) is 0.743. The van der Waals surface area contributed by atoms with Gasteiger partial charge >= 0.3 is 0 Å². The lowest BCUT2D eigenvalue weighted by Gasteiger charge is -2.58. The molecule has 1 aromatic carbocycles. The second-order valence-corrected chi connectivity index (χ2v) is 6.85. The van der Waals surface area contributed by atoms with E-state index in [1.54, 1.807) is 19.1 Å². The Bertz CT molecular complexity index is 573. The third-order valence-corrected chi connectivity index (χ3v) is 5.11. The van der Waals surface area contributed by atoms with Gasteiger partial charge in [0.05, 0.1) is 13.2 Å². The van der Waals surface area contributed by atoms with Gasteiger partial charge in [0, 0.05) is 32.0 Å². The Kier molecular flexibility index (Phi) is 5.01. The number of nitrogens with zero attached hydrogens (tertiary/aromatic N) is 1. The number of benzene rings is 1. The van der Waals surface area contributed by atoms with Crippen molar-refractivity contribution in [1.82, 2.24) is 4.90 Å². The van der Waals surface area contributed by atoms with Crippen LogP contribution in [0.5, 0.6) is 5.75 Å². The van der Waals surface area contributed by atoms with Gasteiger partial charge in [-0.25, -0.2) is 0 Å². The summed E-state index contributed by atoms with van der Waals surface area (Å²) in [5, 5.41) is 0. The minimum atomic E-state index is -0.875. The van der Waals surface area contributed by atoms with E-state index < -0.39 is 5.54 Å². The first kappa shape index (κ1) is 17.8. The summed E-state index contributed by atoms with van der Waals surface area (Å²) < 4.78 is 10.9. The molecular weight excluding hydrogens is 292 g/mol. The van der Waals surface area contributed by atoms with Gasteiger partial charge in [-0.05, 0) is 24.6 Å². The predicted molar refractivity (Wildman–Crippen MR) is 90.2 cm³/mol. The molecule has 2 unspecified atom stereocenters. The number of carbonyl (C=O) groups is 1. The van der Waals surface area contributed by atoms with E-state index in [0.717, 1.165) is 11.3 Å². The zero-order valence-electron chi connectivity index (χ0n) is 14.8. The number of methoxy groups -OCH3 is 1. The van der Waals surface area contributed by atoms with Crippen LogP contribution in [0.2, 0.25) is 0 Å². The molecule has 2 rings (SSSR count). The first-order valence-electron chi connectivity index (χ1n) is 8.05. The van der Waals surface area contributed by atoms with Crippen LogP contribution in [-0.4, -0.2) is 43.2 Å². The second kappa shape index (κ2) is 6.49. The number of hydrogen-bond acceptors (Lipinski definition) is 4. The molecule has 128 valence electrons. The summed E-state index contributed by atoms with van der Waals surface area (Å²) in [6.45, 7) is 7.12. The van der Waals surface area contributed by atoms with Crippen LogP contribution in [0.15, 0.2) is 24.3 Å². The van der Waals surface area contributed by atoms with Crippen LogP contribution < -0.4 is 10.5 Å².